The lowest BCUT2D eigenvalue weighted by molar-refractivity contribution is -0.137. The number of carbonyl (C=O) groups is 1. The fraction of sp³-hybridized carbons (Fsp3) is 0.188. The Kier molecular flexibility index (Phi) is 4.95. The van der Waals surface area contributed by atoms with E-state index in [1.807, 2.05) is 24.3 Å². The van der Waals surface area contributed by atoms with Crippen LogP contribution in [0.15, 0.2) is 53.4 Å². The molecular formula is C16H17NO4S. The highest BCUT2D eigenvalue weighted by molar-refractivity contribution is 7.89. The second-order valence-electron chi connectivity index (χ2n) is 5.02. The summed E-state index contributed by atoms with van der Waals surface area (Å²) in [5, 5.41) is 13.7. The lowest BCUT2D eigenvalue weighted by atomic mass is 10.0. The van der Waals surface area contributed by atoms with Crippen LogP contribution in [0.3, 0.4) is 0 Å². The summed E-state index contributed by atoms with van der Waals surface area (Å²) in [4.78, 5) is 10.6. The minimum absolute atomic E-state index is 0.0777. The fourth-order valence-electron chi connectivity index (χ4n) is 2.19. The third-order valence-electron chi connectivity index (χ3n) is 3.30. The number of carboxylic acid groups (broad SMARTS) is 1. The molecule has 0 aromatic heterocycles. The van der Waals surface area contributed by atoms with Crippen molar-refractivity contribution in [1.29, 1.82) is 0 Å². The number of hydrogen-bond acceptors (Lipinski definition) is 3. The van der Waals surface area contributed by atoms with Crippen LogP contribution in [0.25, 0.3) is 11.1 Å². The molecule has 0 spiro atoms. The number of benzene rings is 2. The Labute approximate surface area is 129 Å². The van der Waals surface area contributed by atoms with Crippen molar-refractivity contribution in [2.45, 2.75) is 24.2 Å². The maximum absolute atomic E-state index is 11.2. The molecule has 2 aromatic rings. The first-order valence-corrected chi connectivity index (χ1v) is 8.35. The van der Waals surface area contributed by atoms with E-state index in [4.69, 9.17) is 10.2 Å². The van der Waals surface area contributed by atoms with Crippen LogP contribution in [0.5, 0.6) is 0 Å². The third-order valence-corrected chi connectivity index (χ3v) is 4.23. The zero-order valence-electron chi connectivity index (χ0n) is 11.9. The number of hydrogen-bond donors (Lipinski definition) is 2. The Hall–Kier alpha value is -2.18. The first-order chi connectivity index (χ1) is 10.4. The molecule has 0 radical (unpaired) electrons. The van der Waals surface area contributed by atoms with Crippen molar-refractivity contribution in [3.8, 4) is 11.1 Å². The maximum Gasteiger partial charge on any atom is 0.303 e. The summed E-state index contributed by atoms with van der Waals surface area (Å²) in [6.07, 6.45) is 1.42. The first kappa shape index (κ1) is 16.2. The summed E-state index contributed by atoms with van der Waals surface area (Å²) in [5.41, 5.74) is 2.88. The van der Waals surface area contributed by atoms with Crippen molar-refractivity contribution in [2.75, 3.05) is 0 Å². The number of aryl methyl sites for hydroxylation is 1. The molecular weight excluding hydrogens is 302 g/mol. The fourth-order valence-corrected chi connectivity index (χ4v) is 2.70. The Morgan fingerprint density at radius 3 is 2.32 bits per heavy atom. The molecule has 22 heavy (non-hydrogen) atoms. The third kappa shape index (κ3) is 4.41. The van der Waals surface area contributed by atoms with Gasteiger partial charge in [0.05, 0.1) is 4.90 Å². The smallest absolute Gasteiger partial charge is 0.303 e. The molecule has 0 aliphatic rings. The molecule has 0 saturated heterocycles. The van der Waals surface area contributed by atoms with E-state index in [0.29, 0.717) is 12.8 Å². The lowest BCUT2D eigenvalue weighted by Gasteiger charge is -2.06. The molecule has 3 N–H and O–H groups in total. The van der Waals surface area contributed by atoms with E-state index in [0.717, 1.165) is 16.7 Å². The number of carboxylic acids is 1. The van der Waals surface area contributed by atoms with Crippen molar-refractivity contribution < 1.29 is 18.3 Å². The predicted octanol–water partition coefficient (Wildman–Crippen LogP) is 2.41. The average Bonchev–Trinajstić information content (AvgIpc) is 2.46. The normalized spacial score (nSPS) is 11.3. The number of nitrogens with two attached hydrogens (primary N) is 1. The van der Waals surface area contributed by atoms with Crippen LogP contribution < -0.4 is 5.14 Å². The minimum Gasteiger partial charge on any atom is -0.481 e. The van der Waals surface area contributed by atoms with Crippen LogP contribution in [-0.2, 0) is 21.2 Å². The van der Waals surface area contributed by atoms with E-state index in [-0.39, 0.29) is 11.3 Å². The van der Waals surface area contributed by atoms with Gasteiger partial charge in [0.25, 0.3) is 0 Å². The van der Waals surface area contributed by atoms with E-state index in [1.165, 1.54) is 12.1 Å². The minimum atomic E-state index is -3.69. The van der Waals surface area contributed by atoms with Gasteiger partial charge in [0.1, 0.15) is 0 Å². The molecule has 0 aliphatic heterocycles. The molecule has 0 aliphatic carbocycles. The lowest BCUT2D eigenvalue weighted by Crippen LogP contribution is -2.11. The van der Waals surface area contributed by atoms with Gasteiger partial charge < -0.3 is 5.11 Å². The van der Waals surface area contributed by atoms with E-state index >= 15 is 0 Å². The van der Waals surface area contributed by atoms with Gasteiger partial charge in [-0.2, -0.15) is 0 Å². The van der Waals surface area contributed by atoms with Crippen LogP contribution >= 0.6 is 0 Å². The summed E-state index contributed by atoms with van der Waals surface area (Å²) in [7, 11) is -3.69. The summed E-state index contributed by atoms with van der Waals surface area (Å²) in [6, 6.07) is 14.1. The van der Waals surface area contributed by atoms with Gasteiger partial charge >= 0.3 is 5.97 Å². The Balaban J connectivity index is 2.17. The molecule has 116 valence electrons. The van der Waals surface area contributed by atoms with Gasteiger partial charge in [-0.3, -0.25) is 4.79 Å². The van der Waals surface area contributed by atoms with Crippen molar-refractivity contribution in [3.05, 3.63) is 54.1 Å². The van der Waals surface area contributed by atoms with E-state index in [2.05, 4.69) is 0 Å². The van der Waals surface area contributed by atoms with E-state index in [1.54, 1.807) is 12.1 Å². The van der Waals surface area contributed by atoms with Crippen LogP contribution in [0.2, 0.25) is 0 Å². The molecule has 0 bridgehead atoms. The molecule has 0 fully saturated rings. The average molecular weight is 319 g/mol. The van der Waals surface area contributed by atoms with Crippen LogP contribution in [0, 0.1) is 0 Å². The number of primary sulfonamides is 1. The van der Waals surface area contributed by atoms with Crippen molar-refractivity contribution in [2.24, 2.45) is 5.14 Å². The summed E-state index contributed by atoms with van der Waals surface area (Å²) in [5.74, 6) is -0.797. The van der Waals surface area contributed by atoms with E-state index < -0.39 is 16.0 Å². The molecule has 0 amide bonds. The standard InChI is InChI=1S/C16H17NO4S/c17-22(20,21)15-9-7-13(8-10-15)14-5-1-3-12(11-14)4-2-6-16(18)19/h1,3,5,7-11H,2,4,6H2,(H,18,19)(H2,17,20,21). The summed E-state index contributed by atoms with van der Waals surface area (Å²) in [6.45, 7) is 0. The second kappa shape index (κ2) is 6.72. The SMILES string of the molecule is NS(=O)(=O)c1ccc(-c2cccc(CCCC(=O)O)c2)cc1. The van der Waals surface area contributed by atoms with Crippen LogP contribution in [-0.4, -0.2) is 19.5 Å². The van der Waals surface area contributed by atoms with Crippen LogP contribution in [0.4, 0.5) is 0 Å². The largest absolute Gasteiger partial charge is 0.481 e. The van der Waals surface area contributed by atoms with Crippen molar-refractivity contribution >= 4 is 16.0 Å². The van der Waals surface area contributed by atoms with Gasteiger partial charge in [0, 0.05) is 6.42 Å². The highest BCUT2D eigenvalue weighted by atomic mass is 32.2. The molecule has 2 aromatic carbocycles. The van der Waals surface area contributed by atoms with Crippen molar-refractivity contribution in [1.82, 2.24) is 0 Å². The first-order valence-electron chi connectivity index (χ1n) is 6.80. The second-order valence-corrected chi connectivity index (χ2v) is 6.58. The topological polar surface area (TPSA) is 97.5 Å². The quantitative estimate of drug-likeness (QED) is 0.854. The van der Waals surface area contributed by atoms with Gasteiger partial charge in [0.15, 0.2) is 0 Å². The zero-order valence-corrected chi connectivity index (χ0v) is 12.7. The molecule has 0 unspecified atom stereocenters. The van der Waals surface area contributed by atoms with E-state index in [9.17, 15) is 13.2 Å². The molecule has 0 atom stereocenters. The zero-order chi connectivity index (χ0) is 16.2. The van der Waals surface area contributed by atoms with Crippen LogP contribution in [0.1, 0.15) is 18.4 Å². The number of rotatable bonds is 6. The van der Waals surface area contributed by atoms with Gasteiger partial charge in [-0.15, -0.1) is 0 Å². The molecule has 5 nitrogen and oxygen atoms in total. The summed E-state index contributed by atoms with van der Waals surface area (Å²) < 4.78 is 22.5. The molecule has 6 heteroatoms. The maximum atomic E-state index is 11.2. The highest BCUT2D eigenvalue weighted by Crippen LogP contribution is 2.22. The van der Waals surface area contributed by atoms with Gasteiger partial charge in [-0.1, -0.05) is 36.4 Å². The molecule has 0 heterocycles. The van der Waals surface area contributed by atoms with Gasteiger partial charge in [0.2, 0.25) is 10.0 Å². The highest BCUT2D eigenvalue weighted by Gasteiger charge is 2.07. The number of aliphatic carboxylic acids is 1. The Bertz CT molecular complexity index is 767. The summed E-state index contributed by atoms with van der Waals surface area (Å²) >= 11 is 0. The predicted molar refractivity (Wildman–Crippen MR) is 83.8 cm³/mol. The van der Waals surface area contributed by atoms with Gasteiger partial charge in [-0.25, -0.2) is 13.6 Å². The van der Waals surface area contributed by atoms with Crippen molar-refractivity contribution in [3.63, 3.8) is 0 Å². The molecule has 0 saturated carbocycles. The monoisotopic (exact) mass is 319 g/mol. The van der Waals surface area contributed by atoms with Gasteiger partial charge in [-0.05, 0) is 41.7 Å². The Morgan fingerprint density at radius 1 is 1.05 bits per heavy atom. The number of sulfonamides is 1. The molecule has 2 rings (SSSR count). The Morgan fingerprint density at radius 2 is 1.73 bits per heavy atom.